The van der Waals surface area contributed by atoms with E-state index in [1.54, 1.807) is 17.0 Å². The average molecular weight is 411 g/mol. The molecule has 1 aromatic rings. The quantitative estimate of drug-likeness (QED) is 0.755. The van der Waals surface area contributed by atoms with Crippen LogP contribution in [-0.2, 0) is 19.1 Å². The Balaban J connectivity index is 1.20. The third kappa shape index (κ3) is 3.61. The zero-order chi connectivity index (χ0) is 20.7. The largest absolute Gasteiger partial charge is 0.454 e. The molecular weight excluding hydrogens is 380 g/mol. The van der Waals surface area contributed by atoms with Gasteiger partial charge in [-0.3, -0.25) is 9.59 Å². The molecule has 1 heterocycles. The first-order valence-electron chi connectivity index (χ1n) is 11.3. The molecule has 6 heteroatoms. The zero-order valence-corrected chi connectivity index (χ0v) is 17.3. The van der Waals surface area contributed by atoms with E-state index < -0.39 is 12.0 Å². The van der Waals surface area contributed by atoms with Crippen molar-refractivity contribution >= 4 is 23.5 Å². The summed E-state index contributed by atoms with van der Waals surface area (Å²) in [6.07, 6.45) is 8.28. The van der Waals surface area contributed by atoms with Gasteiger partial charge in [0, 0.05) is 12.2 Å². The number of amides is 2. The number of benzene rings is 1. The van der Waals surface area contributed by atoms with Crippen molar-refractivity contribution in [3.8, 4) is 0 Å². The summed E-state index contributed by atoms with van der Waals surface area (Å²) in [5, 5.41) is 2.71. The predicted octanol–water partition coefficient (Wildman–Crippen LogP) is 3.38. The number of carbonyl (C=O) groups is 3. The summed E-state index contributed by atoms with van der Waals surface area (Å²) in [4.78, 5) is 40.3. The maximum atomic E-state index is 13.6. The third-order valence-electron chi connectivity index (χ3n) is 7.68. The molecule has 0 spiro atoms. The first-order valence-corrected chi connectivity index (χ1v) is 11.3. The number of nitrogens with one attached hydrogen (secondary N) is 1. The van der Waals surface area contributed by atoms with Crippen LogP contribution < -0.4 is 5.32 Å². The number of ether oxygens (including phenoxy) is 1. The van der Waals surface area contributed by atoms with E-state index >= 15 is 0 Å². The van der Waals surface area contributed by atoms with E-state index in [4.69, 9.17) is 4.74 Å². The molecule has 5 fully saturated rings. The van der Waals surface area contributed by atoms with Gasteiger partial charge in [-0.25, -0.2) is 4.79 Å². The number of hydrogen-bond acceptors (Lipinski definition) is 4. The van der Waals surface area contributed by atoms with Crippen molar-refractivity contribution < 1.29 is 19.1 Å². The van der Waals surface area contributed by atoms with Crippen molar-refractivity contribution in [1.29, 1.82) is 0 Å². The Morgan fingerprint density at radius 3 is 2.27 bits per heavy atom. The van der Waals surface area contributed by atoms with E-state index in [1.807, 2.05) is 18.2 Å². The highest BCUT2D eigenvalue weighted by Crippen LogP contribution is 2.60. The molecule has 0 aromatic heterocycles. The number of hydrogen-bond donors (Lipinski definition) is 1. The molecule has 30 heavy (non-hydrogen) atoms. The van der Waals surface area contributed by atoms with Gasteiger partial charge < -0.3 is 15.0 Å². The Bertz CT molecular complexity index is 802. The van der Waals surface area contributed by atoms with Crippen LogP contribution in [0.5, 0.6) is 0 Å². The van der Waals surface area contributed by atoms with Gasteiger partial charge in [0.1, 0.15) is 6.04 Å². The molecule has 160 valence electrons. The van der Waals surface area contributed by atoms with E-state index in [2.05, 4.69) is 5.32 Å². The third-order valence-corrected chi connectivity index (χ3v) is 7.68. The van der Waals surface area contributed by atoms with Gasteiger partial charge in [-0.2, -0.15) is 0 Å². The van der Waals surface area contributed by atoms with Crippen LogP contribution in [0.4, 0.5) is 5.69 Å². The predicted molar refractivity (Wildman–Crippen MR) is 111 cm³/mol. The summed E-state index contributed by atoms with van der Waals surface area (Å²) >= 11 is 0. The summed E-state index contributed by atoms with van der Waals surface area (Å²) in [6.45, 7) is 0.292. The van der Waals surface area contributed by atoms with Crippen molar-refractivity contribution in [1.82, 2.24) is 4.90 Å². The molecule has 4 aliphatic carbocycles. The van der Waals surface area contributed by atoms with E-state index in [9.17, 15) is 14.4 Å². The van der Waals surface area contributed by atoms with Gasteiger partial charge in [-0.05, 0) is 81.3 Å². The molecule has 1 atom stereocenters. The number of nitrogens with zero attached hydrogens (tertiary/aromatic N) is 1. The molecule has 5 aliphatic rings. The first-order chi connectivity index (χ1) is 14.5. The van der Waals surface area contributed by atoms with Crippen molar-refractivity contribution in [2.45, 2.75) is 57.4 Å². The Hall–Kier alpha value is -2.37. The molecule has 2 amide bonds. The monoisotopic (exact) mass is 410 g/mol. The van der Waals surface area contributed by atoms with Crippen LogP contribution in [0.15, 0.2) is 30.3 Å². The van der Waals surface area contributed by atoms with Gasteiger partial charge in [-0.15, -0.1) is 0 Å². The highest BCUT2D eigenvalue weighted by Gasteiger charge is 2.57. The summed E-state index contributed by atoms with van der Waals surface area (Å²) < 4.78 is 5.31. The summed E-state index contributed by atoms with van der Waals surface area (Å²) in [5.41, 5.74) is 0.417. The van der Waals surface area contributed by atoms with Crippen LogP contribution in [0.2, 0.25) is 0 Å². The van der Waals surface area contributed by atoms with E-state index in [1.165, 1.54) is 19.3 Å². The van der Waals surface area contributed by atoms with E-state index in [0.29, 0.717) is 36.4 Å². The minimum atomic E-state index is -0.546. The standard InChI is InChI=1S/C24H30N2O4/c27-21(25-19-5-2-1-3-6-19)15-30-22(28)20-7-4-8-26(20)23(29)24-12-16-9-17(13-24)11-18(10-16)14-24/h1-3,5-6,16-18,20H,4,7-15H2,(H,25,27)/t16?,17?,18?,20-,24?/m1/s1. The second-order valence-electron chi connectivity index (χ2n) is 9.88. The van der Waals surface area contributed by atoms with Gasteiger partial charge in [0.05, 0.1) is 5.41 Å². The van der Waals surface area contributed by atoms with Crippen LogP contribution in [0.1, 0.15) is 51.4 Å². The molecule has 0 radical (unpaired) electrons. The van der Waals surface area contributed by atoms with Gasteiger partial charge >= 0.3 is 5.97 Å². The van der Waals surface area contributed by atoms with Crippen molar-refractivity contribution in [2.24, 2.45) is 23.2 Å². The number of likely N-dealkylation sites (tertiary alicyclic amines) is 1. The lowest BCUT2D eigenvalue weighted by atomic mass is 9.49. The normalized spacial score (nSPS) is 34.1. The number of carbonyl (C=O) groups excluding carboxylic acids is 3. The topological polar surface area (TPSA) is 75.7 Å². The maximum Gasteiger partial charge on any atom is 0.329 e. The van der Waals surface area contributed by atoms with Gasteiger partial charge in [-0.1, -0.05) is 18.2 Å². The lowest BCUT2D eigenvalue weighted by molar-refractivity contribution is -0.165. The lowest BCUT2D eigenvalue weighted by Gasteiger charge is -2.56. The van der Waals surface area contributed by atoms with Crippen LogP contribution >= 0.6 is 0 Å². The summed E-state index contributed by atoms with van der Waals surface area (Å²) in [7, 11) is 0. The smallest absolute Gasteiger partial charge is 0.329 e. The molecule has 1 aliphatic heterocycles. The average Bonchev–Trinajstić information content (AvgIpc) is 3.21. The number of anilines is 1. The van der Waals surface area contributed by atoms with E-state index in [0.717, 1.165) is 25.7 Å². The molecule has 4 bridgehead atoms. The fourth-order valence-electron chi connectivity index (χ4n) is 6.88. The molecule has 6 rings (SSSR count). The van der Waals surface area contributed by atoms with Crippen molar-refractivity contribution in [3.05, 3.63) is 30.3 Å². The highest BCUT2D eigenvalue weighted by atomic mass is 16.5. The molecule has 4 saturated carbocycles. The number of para-hydroxylation sites is 1. The zero-order valence-electron chi connectivity index (χ0n) is 17.3. The van der Waals surface area contributed by atoms with Crippen molar-refractivity contribution in [3.63, 3.8) is 0 Å². The minimum Gasteiger partial charge on any atom is -0.454 e. The minimum absolute atomic E-state index is 0.176. The van der Waals surface area contributed by atoms with Crippen LogP contribution in [0.3, 0.4) is 0 Å². The van der Waals surface area contributed by atoms with Crippen LogP contribution in [0, 0.1) is 23.2 Å². The molecular formula is C24H30N2O4. The molecule has 1 N–H and O–H groups in total. The van der Waals surface area contributed by atoms with E-state index in [-0.39, 0.29) is 23.8 Å². The maximum absolute atomic E-state index is 13.6. The van der Waals surface area contributed by atoms with Crippen LogP contribution in [-0.4, -0.2) is 41.9 Å². The van der Waals surface area contributed by atoms with Crippen LogP contribution in [0.25, 0.3) is 0 Å². The SMILES string of the molecule is O=C(COC(=O)[C@H]1CCCN1C(=O)C12CC3CC(CC(C3)C1)C2)Nc1ccccc1. The summed E-state index contributed by atoms with van der Waals surface area (Å²) in [6, 6.07) is 8.54. The fourth-order valence-corrected chi connectivity index (χ4v) is 6.88. The Morgan fingerprint density at radius 1 is 1.00 bits per heavy atom. The molecule has 1 saturated heterocycles. The fraction of sp³-hybridized carbons (Fsp3) is 0.625. The van der Waals surface area contributed by atoms with Crippen molar-refractivity contribution in [2.75, 3.05) is 18.5 Å². The number of esters is 1. The Morgan fingerprint density at radius 2 is 1.63 bits per heavy atom. The second-order valence-corrected chi connectivity index (χ2v) is 9.88. The molecule has 1 aromatic carbocycles. The first kappa shape index (κ1) is 19.6. The summed E-state index contributed by atoms with van der Waals surface area (Å²) in [5.74, 6) is 1.43. The Labute approximate surface area is 177 Å². The highest BCUT2D eigenvalue weighted by molar-refractivity contribution is 5.94. The Kier molecular flexibility index (Phi) is 5.03. The second kappa shape index (κ2) is 7.71. The lowest BCUT2D eigenvalue weighted by Crippen LogP contribution is -2.56. The molecule has 6 nitrogen and oxygen atoms in total. The number of rotatable bonds is 5. The van der Waals surface area contributed by atoms with Gasteiger partial charge in [0.2, 0.25) is 5.91 Å². The van der Waals surface area contributed by atoms with Gasteiger partial charge in [0.25, 0.3) is 5.91 Å². The van der Waals surface area contributed by atoms with Gasteiger partial charge in [0.15, 0.2) is 6.61 Å². The molecule has 0 unspecified atom stereocenters.